The molecule has 58 heavy (non-hydrogen) atoms. The van der Waals surface area contributed by atoms with E-state index in [-0.39, 0.29) is 96.8 Å². The average Bonchev–Trinajstić information content (AvgIpc) is 3.90. The van der Waals surface area contributed by atoms with E-state index >= 15 is 4.79 Å². The zero-order valence-electron chi connectivity index (χ0n) is 36.6. The van der Waals surface area contributed by atoms with Crippen LogP contribution in [0.5, 0.6) is 0 Å². The number of hydrogen-bond donors (Lipinski definition) is 0. The largest absolute Gasteiger partial charge is 0.462 e. The molecule has 3 aliphatic heterocycles. The number of thiazole rings is 1. The standard InChI is InChI=1S/C45H70N2O10S/c1-11-18-47(7)34-16-17-37(53-24(34)4)57-35-15-13-14-27(12-2)55-36(48)22-31-32(40(49)23(35)3)21-30-29-19-28(20-33(29)44-39(38(30)31)46-26(6)58-44)56-45-43(52-10)42(51-9)41(50-8)25(5)54-45/h21,23-25,27-31,33-35,37-38,41-43,45H,11-20,22H2,1-10H3/t23-,24?,25?,27+,28+,29+,30+,31-,33-,34+,35+,37+,38-,41+,42?,43+,45+/m1/s1. The molecule has 0 amide bonds. The fourth-order valence-corrected chi connectivity index (χ4v) is 12.8. The van der Waals surface area contributed by atoms with Crippen LogP contribution in [0.4, 0.5) is 0 Å². The summed E-state index contributed by atoms with van der Waals surface area (Å²) < 4.78 is 50.4. The van der Waals surface area contributed by atoms with Gasteiger partial charge in [-0.3, -0.25) is 9.59 Å². The summed E-state index contributed by atoms with van der Waals surface area (Å²) in [6, 6.07) is 0.344. The molecule has 17 atom stereocenters. The van der Waals surface area contributed by atoms with E-state index in [1.165, 1.54) is 4.88 Å². The number of rotatable bonds is 11. The highest BCUT2D eigenvalue weighted by molar-refractivity contribution is 7.11. The van der Waals surface area contributed by atoms with Gasteiger partial charge in [-0.05, 0) is 110 Å². The highest BCUT2D eigenvalue weighted by Crippen LogP contribution is 2.62. The van der Waals surface area contributed by atoms with Gasteiger partial charge >= 0.3 is 5.97 Å². The number of cyclic esters (lactones) is 1. The van der Waals surface area contributed by atoms with Crippen LogP contribution in [-0.4, -0.2) is 124 Å². The van der Waals surface area contributed by atoms with Crippen LogP contribution in [0.1, 0.15) is 126 Å². The van der Waals surface area contributed by atoms with Gasteiger partial charge in [0.2, 0.25) is 0 Å². The molecule has 3 saturated heterocycles. The van der Waals surface area contributed by atoms with Crippen molar-refractivity contribution in [3.8, 4) is 0 Å². The van der Waals surface area contributed by atoms with Crippen LogP contribution in [0.15, 0.2) is 11.6 Å². The zero-order chi connectivity index (χ0) is 41.4. The number of aryl methyl sites for hydroxylation is 1. The van der Waals surface area contributed by atoms with E-state index in [1.54, 1.807) is 32.7 Å². The Hall–Kier alpha value is -1.81. The number of methoxy groups -OCH3 is 3. The monoisotopic (exact) mass is 830 g/mol. The van der Waals surface area contributed by atoms with Crippen molar-refractivity contribution >= 4 is 23.1 Å². The summed E-state index contributed by atoms with van der Waals surface area (Å²) in [6.45, 7) is 13.5. The Balaban J connectivity index is 1.16. The summed E-state index contributed by atoms with van der Waals surface area (Å²) >= 11 is 1.75. The van der Waals surface area contributed by atoms with Gasteiger partial charge in [-0.2, -0.15) is 0 Å². The number of Topliss-reactive ketones (excluding diaryl/α,β-unsaturated/α-hetero) is 1. The van der Waals surface area contributed by atoms with Crippen molar-refractivity contribution < 1.29 is 47.5 Å². The minimum atomic E-state index is -0.628. The molecule has 0 aromatic carbocycles. The van der Waals surface area contributed by atoms with Gasteiger partial charge in [0.25, 0.3) is 0 Å². The number of ketones is 1. The first-order chi connectivity index (χ1) is 27.9. The van der Waals surface area contributed by atoms with Gasteiger partial charge in [0.1, 0.15) is 24.4 Å². The van der Waals surface area contributed by atoms with Crippen molar-refractivity contribution in [2.45, 2.75) is 185 Å². The number of aromatic nitrogens is 1. The maximum absolute atomic E-state index is 15.0. The Morgan fingerprint density at radius 3 is 2.34 bits per heavy atom. The van der Waals surface area contributed by atoms with E-state index in [4.69, 9.17) is 42.9 Å². The number of fused-ring (bicyclic) bond motifs is 8. The Labute approximate surface area is 350 Å². The molecule has 12 nitrogen and oxygen atoms in total. The predicted octanol–water partition coefficient (Wildman–Crippen LogP) is 7.11. The lowest BCUT2D eigenvalue weighted by atomic mass is 9.67. The third-order valence-corrected chi connectivity index (χ3v) is 15.6. The molecule has 1 aromatic rings. The molecule has 7 rings (SSSR count). The lowest BCUT2D eigenvalue weighted by molar-refractivity contribution is -0.314. The second-order valence-electron chi connectivity index (χ2n) is 18.0. The molecule has 6 aliphatic rings. The van der Waals surface area contributed by atoms with Crippen LogP contribution in [0.3, 0.4) is 0 Å². The third kappa shape index (κ3) is 8.77. The normalized spacial score (nSPS) is 42.1. The fraction of sp³-hybridized carbons (Fsp3) is 0.844. The SMILES string of the molecule is CCCN(C)[C@H]1CC[C@H](O[C@H]2CCC[C@H](CC)OC(=O)C[C@@H]3C(=C[C@H]4[C@@H]5C[C@H](O[C@@H]6OC(C)[C@H](OC)C(OC)[C@@H]6OC)C[C@H]5c5sc(C)nc5[C@H]43)C(=O)[C@@H]2C)OC1C. The van der Waals surface area contributed by atoms with Crippen molar-refractivity contribution in [1.29, 1.82) is 0 Å². The van der Waals surface area contributed by atoms with Gasteiger partial charge in [-0.1, -0.05) is 26.8 Å². The summed E-state index contributed by atoms with van der Waals surface area (Å²) in [5.41, 5.74) is 1.78. The number of ether oxygens (including phenoxy) is 8. The number of hydrogen-bond acceptors (Lipinski definition) is 13. The minimum absolute atomic E-state index is 0.0246. The molecule has 0 N–H and O–H groups in total. The number of esters is 1. The summed E-state index contributed by atoms with van der Waals surface area (Å²) in [6.07, 6.45) is 6.89. The van der Waals surface area contributed by atoms with Crippen molar-refractivity contribution in [2.75, 3.05) is 34.9 Å². The van der Waals surface area contributed by atoms with E-state index in [0.29, 0.717) is 12.5 Å². The van der Waals surface area contributed by atoms with Crippen molar-refractivity contribution in [3.63, 3.8) is 0 Å². The van der Waals surface area contributed by atoms with Crippen molar-refractivity contribution in [1.82, 2.24) is 9.88 Å². The van der Waals surface area contributed by atoms with Gasteiger partial charge in [-0.15, -0.1) is 11.3 Å². The van der Waals surface area contributed by atoms with Crippen molar-refractivity contribution in [2.24, 2.45) is 23.7 Å². The molecular formula is C45H70N2O10S. The summed E-state index contributed by atoms with van der Waals surface area (Å²) in [5.74, 6) is -0.563. The highest BCUT2D eigenvalue weighted by Gasteiger charge is 2.57. The van der Waals surface area contributed by atoms with Gasteiger partial charge in [0, 0.05) is 55.9 Å². The second kappa shape index (κ2) is 19.1. The Morgan fingerprint density at radius 2 is 1.66 bits per heavy atom. The first-order valence-electron chi connectivity index (χ1n) is 22.2. The van der Waals surface area contributed by atoms with Crippen LogP contribution in [0, 0.1) is 30.6 Å². The molecule has 13 heteroatoms. The lowest BCUT2D eigenvalue weighted by Gasteiger charge is -2.44. The average molecular weight is 831 g/mol. The van der Waals surface area contributed by atoms with E-state index in [9.17, 15) is 4.79 Å². The number of likely N-dealkylation sites (N-methyl/N-ethyl adjacent to an activating group) is 1. The van der Waals surface area contributed by atoms with Gasteiger partial charge in [0.05, 0.1) is 41.5 Å². The summed E-state index contributed by atoms with van der Waals surface area (Å²) in [7, 11) is 7.16. The van der Waals surface area contributed by atoms with Crippen LogP contribution < -0.4 is 0 Å². The number of nitrogens with zero attached hydrogens (tertiary/aromatic N) is 2. The van der Waals surface area contributed by atoms with Crippen molar-refractivity contribution in [3.05, 3.63) is 27.2 Å². The van der Waals surface area contributed by atoms with Gasteiger partial charge in [0.15, 0.2) is 18.4 Å². The topological polar surface area (TPSA) is 124 Å². The first-order valence-corrected chi connectivity index (χ1v) is 23.1. The molecule has 3 aliphatic carbocycles. The predicted molar refractivity (Wildman–Crippen MR) is 220 cm³/mol. The van der Waals surface area contributed by atoms with Crippen LogP contribution in [0.2, 0.25) is 0 Å². The molecule has 3 unspecified atom stereocenters. The van der Waals surface area contributed by atoms with Gasteiger partial charge in [-0.25, -0.2) is 4.98 Å². The summed E-state index contributed by atoms with van der Waals surface area (Å²) in [5, 5.41) is 0.999. The van der Waals surface area contributed by atoms with Gasteiger partial charge < -0.3 is 42.8 Å². The second-order valence-corrected chi connectivity index (χ2v) is 19.2. The minimum Gasteiger partial charge on any atom is -0.462 e. The molecule has 4 fully saturated rings. The molecule has 1 saturated carbocycles. The maximum Gasteiger partial charge on any atom is 0.306 e. The third-order valence-electron chi connectivity index (χ3n) is 14.5. The zero-order valence-corrected chi connectivity index (χ0v) is 37.4. The molecule has 1 aromatic heterocycles. The van der Waals surface area contributed by atoms with E-state index < -0.39 is 18.3 Å². The molecular weight excluding hydrogens is 761 g/mol. The highest BCUT2D eigenvalue weighted by atomic mass is 32.1. The molecule has 326 valence electrons. The maximum atomic E-state index is 15.0. The molecule has 0 bridgehead atoms. The molecule has 0 spiro atoms. The summed E-state index contributed by atoms with van der Waals surface area (Å²) in [4.78, 5) is 37.7. The fourth-order valence-electron chi connectivity index (χ4n) is 11.6. The number of allylic oxidation sites excluding steroid dienone is 2. The smallest absolute Gasteiger partial charge is 0.306 e. The number of carbonyl (C=O) groups is 2. The quantitative estimate of drug-likeness (QED) is 0.211. The lowest BCUT2D eigenvalue weighted by Crippen LogP contribution is -2.59. The molecule has 0 radical (unpaired) electrons. The van der Waals surface area contributed by atoms with E-state index in [1.807, 2.05) is 13.8 Å². The Morgan fingerprint density at radius 1 is 0.897 bits per heavy atom. The molecule has 4 heterocycles. The van der Waals surface area contributed by atoms with E-state index in [0.717, 1.165) is 74.2 Å². The first kappa shape index (κ1) is 44.3. The number of carbonyl (C=O) groups excluding carboxylic acids is 2. The van der Waals surface area contributed by atoms with Crippen LogP contribution in [0.25, 0.3) is 0 Å². The van der Waals surface area contributed by atoms with Crippen LogP contribution in [-0.2, 0) is 47.5 Å². The Kier molecular flexibility index (Phi) is 14.5. The Bertz CT molecular complexity index is 1600. The van der Waals surface area contributed by atoms with Crippen LogP contribution >= 0.6 is 11.3 Å². The van der Waals surface area contributed by atoms with E-state index in [2.05, 4.69) is 45.7 Å².